The van der Waals surface area contributed by atoms with Crippen LogP contribution in [0.1, 0.15) is 12.0 Å². The van der Waals surface area contributed by atoms with Gasteiger partial charge in [0, 0.05) is 30.0 Å². The largest absolute Gasteiger partial charge is 0.381 e. The lowest BCUT2D eigenvalue weighted by molar-refractivity contribution is -0.0403. The fraction of sp³-hybridized carbons (Fsp3) is 0.381. The van der Waals surface area contributed by atoms with E-state index in [2.05, 4.69) is 10.00 Å². The molecule has 2 aliphatic heterocycles. The Morgan fingerprint density at radius 2 is 1.96 bits per heavy atom. The van der Waals surface area contributed by atoms with Crippen molar-refractivity contribution < 1.29 is 13.5 Å². The maximum absolute atomic E-state index is 14.5. The molecular formula is C21H21F2N3O. The lowest BCUT2D eigenvalue weighted by Gasteiger charge is -2.30. The molecule has 4 nitrogen and oxygen atoms in total. The van der Waals surface area contributed by atoms with Gasteiger partial charge in [-0.15, -0.1) is 0 Å². The van der Waals surface area contributed by atoms with Crippen LogP contribution in [0.3, 0.4) is 0 Å². The van der Waals surface area contributed by atoms with E-state index in [1.807, 2.05) is 22.9 Å². The topological polar surface area (TPSA) is 30.3 Å². The van der Waals surface area contributed by atoms with Gasteiger partial charge in [-0.2, -0.15) is 5.10 Å². The predicted octanol–water partition coefficient (Wildman–Crippen LogP) is 3.83. The van der Waals surface area contributed by atoms with Crippen molar-refractivity contribution in [1.82, 2.24) is 14.7 Å². The van der Waals surface area contributed by atoms with E-state index >= 15 is 0 Å². The molecule has 0 saturated carbocycles. The first-order valence-electron chi connectivity index (χ1n) is 9.41. The molecule has 0 unspecified atom stereocenters. The van der Waals surface area contributed by atoms with Crippen LogP contribution in [0.4, 0.5) is 8.78 Å². The van der Waals surface area contributed by atoms with Gasteiger partial charge in [-0.25, -0.2) is 8.78 Å². The van der Waals surface area contributed by atoms with Crippen LogP contribution in [0.2, 0.25) is 0 Å². The highest BCUT2D eigenvalue weighted by atomic mass is 19.2. The van der Waals surface area contributed by atoms with Gasteiger partial charge in [0.15, 0.2) is 11.6 Å². The Morgan fingerprint density at radius 1 is 1.11 bits per heavy atom. The van der Waals surface area contributed by atoms with E-state index in [0.717, 1.165) is 49.3 Å². The number of ether oxygens (including phenoxy) is 1. The van der Waals surface area contributed by atoms with E-state index in [4.69, 9.17) is 4.74 Å². The van der Waals surface area contributed by atoms with Crippen molar-refractivity contribution in [3.63, 3.8) is 0 Å². The molecule has 3 aromatic rings. The molecule has 0 radical (unpaired) electrons. The van der Waals surface area contributed by atoms with Crippen LogP contribution >= 0.6 is 0 Å². The van der Waals surface area contributed by atoms with Gasteiger partial charge in [0.25, 0.3) is 0 Å². The molecule has 0 spiro atoms. The number of nitrogens with zero attached hydrogens (tertiary/aromatic N) is 3. The van der Waals surface area contributed by atoms with E-state index < -0.39 is 11.6 Å². The summed E-state index contributed by atoms with van der Waals surface area (Å²) < 4.78 is 35.9. The number of fused-ring (bicyclic) bond motifs is 1. The van der Waals surface area contributed by atoms with Gasteiger partial charge in [-0.1, -0.05) is 6.07 Å². The molecule has 2 aliphatic rings. The first-order valence-corrected chi connectivity index (χ1v) is 9.41. The van der Waals surface area contributed by atoms with Gasteiger partial charge in [0.05, 0.1) is 24.9 Å². The molecule has 1 aromatic heterocycles. The van der Waals surface area contributed by atoms with Crippen molar-refractivity contribution in [2.75, 3.05) is 26.3 Å². The molecule has 2 fully saturated rings. The zero-order valence-electron chi connectivity index (χ0n) is 15.0. The highest BCUT2D eigenvalue weighted by molar-refractivity contribution is 5.84. The quantitative estimate of drug-likeness (QED) is 0.685. The van der Waals surface area contributed by atoms with Gasteiger partial charge < -0.3 is 4.74 Å². The Hall–Kier alpha value is -2.31. The molecule has 0 bridgehead atoms. The summed E-state index contributed by atoms with van der Waals surface area (Å²) in [5, 5.41) is 5.39. The first-order chi connectivity index (χ1) is 13.2. The standard InChI is InChI=1S/C21H21F2N3O/c22-19-7-14(10-25-4-1-5-25)6-18(21(19)23)16-2-3-20-17(8-16)9-24-26(20)11-15-12-27-13-15/h2-3,6-9,15H,1,4-5,10-13H2. The fourth-order valence-corrected chi connectivity index (χ4v) is 3.78. The summed E-state index contributed by atoms with van der Waals surface area (Å²) in [5.41, 5.74) is 2.80. The molecule has 3 heterocycles. The third kappa shape index (κ3) is 3.13. The van der Waals surface area contributed by atoms with Crippen molar-refractivity contribution in [2.24, 2.45) is 5.92 Å². The molecule has 6 heteroatoms. The molecule has 0 aliphatic carbocycles. The molecule has 0 amide bonds. The Bertz CT molecular complexity index is 993. The first kappa shape index (κ1) is 16.8. The van der Waals surface area contributed by atoms with Gasteiger partial charge in [-0.05, 0) is 54.9 Å². The third-order valence-electron chi connectivity index (χ3n) is 5.53. The summed E-state index contributed by atoms with van der Waals surface area (Å²) in [6.07, 6.45) is 2.96. The molecule has 0 N–H and O–H groups in total. The smallest absolute Gasteiger partial charge is 0.166 e. The van der Waals surface area contributed by atoms with Crippen molar-refractivity contribution in [2.45, 2.75) is 19.5 Å². The summed E-state index contributed by atoms with van der Waals surface area (Å²) in [6, 6.07) is 8.77. The molecule has 5 rings (SSSR count). The average Bonchev–Trinajstić information content (AvgIpc) is 2.99. The Balaban J connectivity index is 1.48. The molecule has 0 atom stereocenters. The van der Waals surface area contributed by atoms with E-state index in [0.29, 0.717) is 23.6 Å². The second-order valence-electron chi connectivity index (χ2n) is 7.57. The lowest BCUT2D eigenvalue weighted by Crippen LogP contribution is -2.36. The summed E-state index contributed by atoms with van der Waals surface area (Å²) in [6.45, 7) is 5.06. The molecule has 2 aromatic carbocycles. The van der Waals surface area contributed by atoms with Crippen LogP contribution in [-0.4, -0.2) is 41.0 Å². The van der Waals surface area contributed by atoms with E-state index in [9.17, 15) is 8.78 Å². The summed E-state index contributed by atoms with van der Waals surface area (Å²) in [4.78, 5) is 2.23. The SMILES string of the molecule is Fc1cc(CN2CCC2)cc(-c2ccc3c(cnn3CC3COC3)c2)c1F. The lowest BCUT2D eigenvalue weighted by atomic mass is 10.00. The Morgan fingerprint density at radius 3 is 2.67 bits per heavy atom. The predicted molar refractivity (Wildman–Crippen MR) is 99.3 cm³/mol. The second-order valence-corrected chi connectivity index (χ2v) is 7.57. The number of likely N-dealkylation sites (tertiary alicyclic amines) is 1. The summed E-state index contributed by atoms with van der Waals surface area (Å²) in [5.74, 6) is -1.08. The van der Waals surface area contributed by atoms with Crippen molar-refractivity contribution >= 4 is 10.9 Å². The highest BCUT2D eigenvalue weighted by Gasteiger charge is 2.21. The zero-order valence-corrected chi connectivity index (χ0v) is 15.0. The van der Waals surface area contributed by atoms with E-state index in [1.165, 1.54) is 12.5 Å². The maximum Gasteiger partial charge on any atom is 0.166 e. The monoisotopic (exact) mass is 369 g/mol. The summed E-state index contributed by atoms with van der Waals surface area (Å²) in [7, 11) is 0. The van der Waals surface area contributed by atoms with Gasteiger partial charge in [0.2, 0.25) is 0 Å². The zero-order chi connectivity index (χ0) is 18.4. The van der Waals surface area contributed by atoms with Crippen LogP contribution in [-0.2, 0) is 17.8 Å². The Labute approximate surface area is 156 Å². The number of rotatable bonds is 5. The third-order valence-corrected chi connectivity index (χ3v) is 5.53. The van der Waals surface area contributed by atoms with Crippen molar-refractivity contribution in [3.8, 4) is 11.1 Å². The summed E-state index contributed by atoms with van der Waals surface area (Å²) >= 11 is 0. The molecule has 27 heavy (non-hydrogen) atoms. The Kier molecular flexibility index (Phi) is 4.17. The van der Waals surface area contributed by atoms with Gasteiger partial charge in [-0.3, -0.25) is 9.58 Å². The minimum Gasteiger partial charge on any atom is -0.381 e. The molecule has 2 saturated heterocycles. The second kappa shape index (κ2) is 6.69. The van der Waals surface area contributed by atoms with Crippen LogP contribution in [0.25, 0.3) is 22.0 Å². The van der Waals surface area contributed by atoms with Crippen molar-refractivity contribution in [1.29, 1.82) is 0 Å². The minimum absolute atomic E-state index is 0.313. The van der Waals surface area contributed by atoms with Crippen LogP contribution in [0, 0.1) is 17.6 Å². The van der Waals surface area contributed by atoms with Gasteiger partial charge in [0.1, 0.15) is 0 Å². The van der Waals surface area contributed by atoms with Crippen LogP contribution in [0.5, 0.6) is 0 Å². The maximum atomic E-state index is 14.5. The normalized spacial score (nSPS) is 17.9. The number of benzene rings is 2. The molecule has 140 valence electrons. The molecular weight excluding hydrogens is 348 g/mol. The number of hydrogen-bond acceptors (Lipinski definition) is 3. The minimum atomic E-state index is -0.791. The fourth-order valence-electron chi connectivity index (χ4n) is 3.78. The van der Waals surface area contributed by atoms with Crippen molar-refractivity contribution in [3.05, 3.63) is 53.7 Å². The number of hydrogen-bond donors (Lipinski definition) is 0. The average molecular weight is 369 g/mol. The van der Waals surface area contributed by atoms with E-state index in [-0.39, 0.29) is 0 Å². The number of halogens is 2. The van der Waals surface area contributed by atoms with Crippen LogP contribution < -0.4 is 0 Å². The highest BCUT2D eigenvalue weighted by Crippen LogP contribution is 2.30. The van der Waals surface area contributed by atoms with E-state index in [1.54, 1.807) is 12.3 Å². The van der Waals surface area contributed by atoms with Gasteiger partial charge >= 0.3 is 0 Å². The number of aromatic nitrogens is 2. The van der Waals surface area contributed by atoms with Crippen LogP contribution in [0.15, 0.2) is 36.5 Å².